The molecule has 0 amide bonds. The Morgan fingerprint density at radius 1 is 1.00 bits per heavy atom. The Morgan fingerprint density at radius 2 is 1.87 bits per heavy atom. The summed E-state index contributed by atoms with van der Waals surface area (Å²) in [5, 5.41) is 9.46. The highest BCUT2D eigenvalue weighted by molar-refractivity contribution is 5.76. The average molecular weight is 198 g/mol. The molecule has 0 bridgehead atoms. The molecule has 0 unspecified atom stereocenters. The number of benzene rings is 2. The Hall–Kier alpha value is -1.96. The van der Waals surface area contributed by atoms with Crippen LogP contribution in [0.15, 0.2) is 42.5 Å². The first kappa shape index (κ1) is 8.36. The van der Waals surface area contributed by atoms with Gasteiger partial charge in [0.05, 0.1) is 0 Å². The smallest absolute Gasteiger partial charge is 0.127 e. The maximum atomic E-state index is 9.46. The van der Waals surface area contributed by atoms with Gasteiger partial charge in [-0.25, -0.2) is 0 Å². The molecule has 1 aliphatic rings. The van der Waals surface area contributed by atoms with E-state index in [1.165, 1.54) is 0 Å². The monoisotopic (exact) mass is 198 g/mol. The molecule has 0 radical (unpaired) electrons. The van der Waals surface area contributed by atoms with E-state index in [0.29, 0.717) is 6.61 Å². The predicted molar refractivity (Wildman–Crippen MR) is 57.9 cm³/mol. The first-order valence-corrected chi connectivity index (χ1v) is 4.89. The van der Waals surface area contributed by atoms with Crippen molar-refractivity contribution >= 4 is 0 Å². The van der Waals surface area contributed by atoms with Crippen LogP contribution < -0.4 is 4.74 Å². The summed E-state index contributed by atoms with van der Waals surface area (Å²) in [7, 11) is 0. The molecule has 2 nitrogen and oxygen atoms in total. The summed E-state index contributed by atoms with van der Waals surface area (Å²) in [5.74, 6) is 1.11. The van der Waals surface area contributed by atoms with Gasteiger partial charge in [0.1, 0.15) is 18.1 Å². The first-order valence-electron chi connectivity index (χ1n) is 4.89. The van der Waals surface area contributed by atoms with Gasteiger partial charge in [-0.15, -0.1) is 0 Å². The quantitative estimate of drug-likeness (QED) is 0.705. The number of phenolic OH excluding ortho intramolecular Hbond substituents is 1. The summed E-state index contributed by atoms with van der Waals surface area (Å²) in [6.07, 6.45) is 0. The number of phenols is 1. The van der Waals surface area contributed by atoms with Crippen LogP contribution in [0.5, 0.6) is 11.5 Å². The SMILES string of the molecule is Oc1ccc2c(c1)-c1ccccc1CO2. The number of aromatic hydroxyl groups is 1. The Kier molecular flexibility index (Phi) is 1.68. The maximum Gasteiger partial charge on any atom is 0.127 e. The molecule has 0 aliphatic carbocycles. The van der Waals surface area contributed by atoms with Crippen molar-refractivity contribution in [3.63, 3.8) is 0 Å². The third kappa shape index (κ3) is 1.26. The van der Waals surface area contributed by atoms with Gasteiger partial charge in [0.2, 0.25) is 0 Å². The molecule has 1 heterocycles. The van der Waals surface area contributed by atoms with E-state index in [1.54, 1.807) is 18.2 Å². The summed E-state index contributed by atoms with van der Waals surface area (Å²) in [5.41, 5.74) is 3.28. The lowest BCUT2D eigenvalue weighted by molar-refractivity contribution is 0.302. The lowest BCUT2D eigenvalue weighted by Crippen LogP contribution is -2.04. The van der Waals surface area contributed by atoms with Gasteiger partial charge in [0, 0.05) is 5.56 Å². The van der Waals surface area contributed by atoms with Crippen molar-refractivity contribution in [3.8, 4) is 22.6 Å². The number of hydrogen-bond donors (Lipinski definition) is 1. The molecule has 0 fully saturated rings. The molecule has 2 aromatic carbocycles. The number of rotatable bonds is 0. The summed E-state index contributed by atoms with van der Waals surface area (Å²) in [4.78, 5) is 0. The molecule has 1 N–H and O–H groups in total. The van der Waals surface area contributed by atoms with Crippen molar-refractivity contribution in [1.82, 2.24) is 0 Å². The zero-order valence-corrected chi connectivity index (χ0v) is 8.10. The molecule has 0 saturated carbocycles. The third-order valence-electron chi connectivity index (χ3n) is 2.65. The zero-order valence-electron chi connectivity index (χ0n) is 8.10. The summed E-state index contributed by atoms with van der Waals surface area (Å²) in [6, 6.07) is 13.3. The second kappa shape index (κ2) is 3.02. The van der Waals surface area contributed by atoms with Gasteiger partial charge < -0.3 is 9.84 Å². The molecule has 2 aromatic rings. The minimum absolute atomic E-state index is 0.272. The normalized spacial score (nSPS) is 12.5. The van der Waals surface area contributed by atoms with Crippen LogP contribution in [-0.4, -0.2) is 5.11 Å². The van der Waals surface area contributed by atoms with Crippen LogP contribution in [0.2, 0.25) is 0 Å². The van der Waals surface area contributed by atoms with Crippen LogP contribution in [0.1, 0.15) is 5.56 Å². The number of fused-ring (bicyclic) bond motifs is 3. The van der Waals surface area contributed by atoms with Crippen LogP contribution in [0.25, 0.3) is 11.1 Å². The second-order valence-corrected chi connectivity index (χ2v) is 3.63. The van der Waals surface area contributed by atoms with E-state index in [9.17, 15) is 5.11 Å². The lowest BCUT2D eigenvalue weighted by Gasteiger charge is -2.20. The summed E-state index contributed by atoms with van der Waals surface area (Å²) < 4.78 is 5.59. The first-order chi connectivity index (χ1) is 7.34. The second-order valence-electron chi connectivity index (χ2n) is 3.63. The lowest BCUT2D eigenvalue weighted by atomic mass is 9.97. The molecule has 0 atom stereocenters. The van der Waals surface area contributed by atoms with Gasteiger partial charge in [-0.2, -0.15) is 0 Å². The van der Waals surface area contributed by atoms with Crippen LogP contribution in [0, 0.1) is 0 Å². The van der Waals surface area contributed by atoms with E-state index < -0.39 is 0 Å². The topological polar surface area (TPSA) is 29.5 Å². The van der Waals surface area contributed by atoms with E-state index in [4.69, 9.17) is 4.74 Å². The molecule has 3 rings (SSSR count). The fourth-order valence-corrected chi connectivity index (χ4v) is 1.92. The summed E-state index contributed by atoms with van der Waals surface area (Å²) in [6.45, 7) is 0.605. The largest absolute Gasteiger partial charge is 0.508 e. The molecule has 2 heteroatoms. The molecular weight excluding hydrogens is 188 g/mol. The predicted octanol–water partition coefficient (Wildman–Crippen LogP) is 2.95. The Balaban J connectivity index is 2.28. The van der Waals surface area contributed by atoms with Gasteiger partial charge in [-0.1, -0.05) is 24.3 Å². The Labute approximate surface area is 87.8 Å². The standard InChI is InChI=1S/C13H10O2/c14-10-5-6-13-12(7-10)11-4-2-1-3-9(11)8-15-13/h1-7,14H,8H2. The molecule has 1 aliphatic heterocycles. The Morgan fingerprint density at radius 3 is 2.80 bits per heavy atom. The third-order valence-corrected chi connectivity index (χ3v) is 2.65. The van der Waals surface area contributed by atoms with Gasteiger partial charge >= 0.3 is 0 Å². The fraction of sp³-hybridized carbons (Fsp3) is 0.0769. The Bertz CT molecular complexity index is 518. The van der Waals surface area contributed by atoms with Gasteiger partial charge in [0.25, 0.3) is 0 Å². The minimum Gasteiger partial charge on any atom is -0.508 e. The minimum atomic E-state index is 0.272. The molecule has 0 aromatic heterocycles. The van der Waals surface area contributed by atoms with Crippen molar-refractivity contribution in [2.45, 2.75) is 6.61 Å². The molecule has 15 heavy (non-hydrogen) atoms. The van der Waals surface area contributed by atoms with E-state index in [2.05, 4.69) is 6.07 Å². The van der Waals surface area contributed by atoms with Crippen molar-refractivity contribution in [1.29, 1.82) is 0 Å². The maximum absolute atomic E-state index is 9.46. The molecule has 0 saturated heterocycles. The fourth-order valence-electron chi connectivity index (χ4n) is 1.92. The molecule has 0 spiro atoms. The van der Waals surface area contributed by atoms with Crippen LogP contribution in [-0.2, 0) is 6.61 Å². The van der Waals surface area contributed by atoms with Crippen molar-refractivity contribution in [3.05, 3.63) is 48.0 Å². The zero-order chi connectivity index (χ0) is 10.3. The number of ether oxygens (including phenoxy) is 1. The average Bonchev–Trinajstić information content (AvgIpc) is 2.29. The van der Waals surface area contributed by atoms with E-state index in [0.717, 1.165) is 22.4 Å². The van der Waals surface area contributed by atoms with E-state index >= 15 is 0 Å². The van der Waals surface area contributed by atoms with Crippen LogP contribution in [0.4, 0.5) is 0 Å². The van der Waals surface area contributed by atoms with E-state index in [-0.39, 0.29) is 5.75 Å². The van der Waals surface area contributed by atoms with Gasteiger partial charge in [-0.3, -0.25) is 0 Å². The molecule has 74 valence electrons. The highest BCUT2D eigenvalue weighted by Gasteiger charge is 2.16. The van der Waals surface area contributed by atoms with Crippen LogP contribution in [0.3, 0.4) is 0 Å². The van der Waals surface area contributed by atoms with Gasteiger partial charge in [0.15, 0.2) is 0 Å². The van der Waals surface area contributed by atoms with Gasteiger partial charge in [-0.05, 0) is 29.3 Å². The van der Waals surface area contributed by atoms with Crippen molar-refractivity contribution in [2.24, 2.45) is 0 Å². The number of hydrogen-bond acceptors (Lipinski definition) is 2. The van der Waals surface area contributed by atoms with Crippen molar-refractivity contribution < 1.29 is 9.84 Å². The molecular formula is C13H10O2. The van der Waals surface area contributed by atoms with Crippen LogP contribution >= 0.6 is 0 Å². The highest BCUT2D eigenvalue weighted by Crippen LogP contribution is 2.38. The summed E-state index contributed by atoms with van der Waals surface area (Å²) >= 11 is 0. The van der Waals surface area contributed by atoms with Crippen molar-refractivity contribution in [2.75, 3.05) is 0 Å². The van der Waals surface area contributed by atoms with E-state index in [1.807, 2.05) is 18.2 Å². The highest BCUT2D eigenvalue weighted by atomic mass is 16.5.